The van der Waals surface area contributed by atoms with E-state index in [4.69, 9.17) is 4.52 Å². The standard InChI is InChI=1S/C20H23N3O2S/c24-18(13-6-2-1-3-7-13)22-20-16(14-8-4-5-9-15(14)26-20)19-21-17(23-25-19)12-10-11-12/h6,12H,1-5,7-11H2,(H,22,24). The molecular formula is C20H23N3O2S. The Labute approximate surface area is 156 Å². The first-order chi connectivity index (χ1) is 12.8. The van der Waals surface area contributed by atoms with Crippen LogP contribution in [0.1, 0.15) is 73.5 Å². The Morgan fingerprint density at radius 2 is 2.00 bits per heavy atom. The van der Waals surface area contributed by atoms with Gasteiger partial charge >= 0.3 is 0 Å². The van der Waals surface area contributed by atoms with Crippen LogP contribution in [0.5, 0.6) is 0 Å². The molecule has 6 heteroatoms. The van der Waals surface area contributed by atoms with Crippen LogP contribution in [0.15, 0.2) is 16.2 Å². The second kappa shape index (κ2) is 6.65. The van der Waals surface area contributed by atoms with Crippen LogP contribution in [0, 0.1) is 0 Å². The van der Waals surface area contributed by atoms with Crippen LogP contribution in [0.3, 0.4) is 0 Å². The molecular weight excluding hydrogens is 346 g/mol. The molecule has 3 aliphatic carbocycles. The molecule has 2 aromatic heterocycles. The Bertz CT molecular complexity index is 876. The zero-order valence-corrected chi connectivity index (χ0v) is 15.7. The molecule has 0 bridgehead atoms. The summed E-state index contributed by atoms with van der Waals surface area (Å²) in [4.78, 5) is 18.8. The van der Waals surface area contributed by atoms with Gasteiger partial charge in [0.25, 0.3) is 11.8 Å². The highest BCUT2D eigenvalue weighted by Crippen LogP contribution is 2.45. The van der Waals surface area contributed by atoms with E-state index in [0.29, 0.717) is 11.8 Å². The van der Waals surface area contributed by atoms with Crippen LogP contribution in [-0.2, 0) is 17.6 Å². The summed E-state index contributed by atoms with van der Waals surface area (Å²) in [7, 11) is 0. The summed E-state index contributed by atoms with van der Waals surface area (Å²) in [6.07, 6.45) is 13.0. The number of fused-ring (bicyclic) bond motifs is 1. The van der Waals surface area contributed by atoms with Crippen molar-refractivity contribution in [2.45, 2.75) is 70.1 Å². The van der Waals surface area contributed by atoms with Crippen molar-refractivity contribution in [2.24, 2.45) is 0 Å². The molecule has 0 unspecified atom stereocenters. The van der Waals surface area contributed by atoms with Crippen LogP contribution >= 0.6 is 11.3 Å². The molecule has 1 amide bonds. The Kier molecular flexibility index (Phi) is 4.15. The quantitative estimate of drug-likeness (QED) is 0.824. The maximum atomic E-state index is 12.7. The van der Waals surface area contributed by atoms with Gasteiger partial charge in [0.2, 0.25) is 0 Å². The minimum Gasteiger partial charge on any atom is -0.334 e. The average molecular weight is 369 g/mol. The normalized spacial score (nSPS) is 19.8. The molecule has 5 nitrogen and oxygen atoms in total. The van der Waals surface area contributed by atoms with Gasteiger partial charge in [-0.2, -0.15) is 4.98 Å². The first-order valence-electron chi connectivity index (χ1n) is 9.78. The van der Waals surface area contributed by atoms with Crippen LogP contribution < -0.4 is 5.32 Å². The van der Waals surface area contributed by atoms with E-state index in [2.05, 4.69) is 21.5 Å². The summed E-state index contributed by atoms with van der Waals surface area (Å²) >= 11 is 1.70. The number of allylic oxidation sites excluding steroid dienone is 1. The molecule has 1 fully saturated rings. The van der Waals surface area contributed by atoms with Crippen LogP contribution in [0.25, 0.3) is 11.5 Å². The van der Waals surface area contributed by atoms with Crippen molar-refractivity contribution >= 4 is 22.2 Å². The van der Waals surface area contributed by atoms with E-state index >= 15 is 0 Å². The number of nitrogens with one attached hydrogen (secondary N) is 1. The van der Waals surface area contributed by atoms with Gasteiger partial charge in [-0.25, -0.2) is 0 Å². The second-order valence-corrected chi connectivity index (χ2v) is 8.68. The van der Waals surface area contributed by atoms with E-state index in [0.717, 1.165) is 66.9 Å². The van der Waals surface area contributed by atoms with Gasteiger partial charge in [0.05, 0.1) is 5.56 Å². The van der Waals surface area contributed by atoms with Crippen molar-refractivity contribution in [1.29, 1.82) is 0 Å². The average Bonchev–Trinajstić information content (AvgIpc) is 3.30. The number of thiophene rings is 1. The zero-order valence-electron chi connectivity index (χ0n) is 14.8. The summed E-state index contributed by atoms with van der Waals surface area (Å²) in [5.74, 6) is 1.90. The topological polar surface area (TPSA) is 68.0 Å². The fourth-order valence-electron chi connectivity index (χ4n) is 3.95. The van der Waals surface area contributed by atoms with E-state index in [1.165, 1.54) is 29.7 Å². The van der Waals surface area contributed by atoms with E-state index in [9.17, 15) is 4.79 Å². The van der Waals surface area contributed by atoms with Crippen molar-refractivity contribution < 1.29 is 9.32 Å². The highest BCUT2D eigenvalue weighted by Gasteiger charge is 2.32. The molecule has 136 valence electrons. The van der Waals surface area contributed by atoms with Crippen LogP contribution in [0.4, 0.5) is 5.00 Å². The number of aromatic nitrogens is 2. The van der Waals surface area contributed by atoms with Crippen LogP contribution in [-0.4, -0.2) is 16.0 Å². The molecule has 2 aromatic rings. The first-order valence-corrected chi connectivity index (χ1v) is 10.6. The van der Waals surface area contributed by atoms with E-state index in [-0.39, 0.29) is 5.91 Å². The molecule has 1 N–H and O–H groups in total. The van der Waals surface area contributed by atoms with Crippen LogP contribution in [0.2, 0.25) is 0 Å². The third-order valence-electron chi connectivity index (χ3n) is 5.58. The Balaban J connectivity index is 1.50. The van der Waals surface area contributed by atoms with Crippen molar-refractivity contribution in [3.63, 3.8) is 0 Å². The number of anilines is 1. The first kappa shape index (κ1) is 16.2. The van der Waals surface area contributed by atoms with Gasteiger partial charge in [-0.05, 0) is 69.8 Å². The van der Waals surface area contributed by atoms with Gasteiger partial charge in [0, 0.05) is 16.4 Å². The van der Waals surface area contributed by atoms with Crippen molar-refractivity contribution in [3.8, 4) is 11.5 Å². The summed E-state index contributed by atoms with van der Waals surface area (Å²) in [5.41, 5.74) is 3.20. The molecule has 0 aromatic carbocycles. The highest BCUT2D eigenvalue weighted by atomic mass is 32.1. The summed E-state index contributed by atoms with van der Waals surface area (Å²) in [5, 5.41) is 8.25. The molecule has 0 radical (unpaired) electrons. The summed E-state index contributed by atoms with van der Waals surface area (Å²) in [6, 6.07) is 0. The molecule has 3 aliphatic rings. The molecule has 0 saturated heterocycles. The number of carbonyl (C=O) groups excluding carboxylic acids is 1. The number of carbonyl (C=O) groups is 1. The lowest BCUT2D eigenvalue weighted by Crippen LogP contribution is -2.15. The lowest BCUT2D eigenvalue weighted by Gasteiger charge is -2.13. The minimum atomic E-state index is 0.0338. The summed E-state index contributed by atoms with van der Waals surface area (Å²) < 4.78 is 5.62. The number of hydrogen-bond donors (Lipinski definition) is 1. The number of hydrogen-bond acceptors (Lipinski definition) is 5. The molecule has 0 atom stereocenters. The molecule has 0 aliphatic heterocycles. The lowest BCUT2D eigenvalue weighted by molar-refractivity contribution is -0.113. The van der Waals surface area contributed by atoms with E-state index in [1.54, 1.807) is 11.3 Å². The SMILES string of the molecule is O=C(Nc1sc2c(c1-c1nc(C3CC3)no1)CCCC2)C1=CCCCC1. The fraction of sp³-hybridized carbons (Fsp3) is 0.550. The second-order valence-electron chi connectivity index (χ2n) is 7.58. The third-order valence-corrected chi connectivity index (χ3v) is 6.79. The minimum absolute atomic E-state index is 0.0338. The molecule has 1 saturated carbocycles. The fourth-order valence-corrected chi connectivity index (χ4v) is 5.23. The smallest absolute Gasteiger partial charge is 0.261 e. The predicted octanol–water partition coefficient (Wildman–Crippen LogP) is 4.99. The van der Waals surface area contributed by atoms with Gasteiger partial charge in [-0.3, -0.25) is 4.79 Å². The monoisotopic (exact) mass is 369 g/mol. The van der Waals surface area contributed by atoms with E-state index < -0.39 is 0 Å². The van der Waals surface area contributed by atoms with E-state index in [1.807, 2.05) is 0 Å². The number of rotatable bonds is 4. The molecule has 2 heterocycles. The molecule has 26 heavy (non-hydrogen) atoms. The maximum absolute atomic E-state index is 12.7. The predicted molar refractivity (Wildman–Crippen MR) is 101 cm³/mol. The Morgan fingerprint density at radius 3 is 2.81 bits per heavy atom. The lowest BCUT2D eigenvalue weighted by atomic mass is 9.95. The van der Waals surface area contributed by atoms with Gasteiger partial charge in [-0.15, -0.1) is 11.3 Å². The molecule has 0 spiro atoms. The molecule has 5 rings (SSSR count). The highest BCUT2D eigenvalue weighted by molar-refractivity contribution is 7.17. The summed E-state index contributed by atoms with van der Waals surface area (Å²) in [6.45, 7) is 0. The third kappa shape index (κ3) is 3.00. The number of aryl methyl sites for hydroxylation is 1. The van der Waals surface area contributed by atoms with Crippen molar-refractivity contribution in [2.75, 3.05) is 5.32 Å². The van der Waals surface area contributed by atoms with Crippen molar-refractivity contribution in [1.82, 2.24) is 10.1 Å². The van der Waals surface area contributed by atoms with Gasteiger partial charge in [-0.1, -0.05) is 11.2 Å². The van der Waals surface area contributed by atoms with Gasteiger partial charge < -0.3 is 9.84 Å². The van der Waals surface area contributed by atoms with Gasteiger partial charge in [0.15, 0.2) is 5.82 Å². The Morgan fingerprint density at radius 1 is 1.15 bits per heavy atom. The zero-order chi connectivity index (χ0) is 17.5. The number of amides is 1. The van der Waals surface area contributed by atoms with Crippen molar-refractivity contribution in [3.05, 3.63) is 27.9 Å². The number of nitrogens with zero attached hydrogens (tertiary/aromatic N) is 2. The largest absolute Gasteiger partial charge is 0.334 e. The Hall–Kier alpha value is -1.95. The van der Waals surface area contributed by atoms with Gasteiger partial charge in [0.1, 0.15) is 5.00 Å². The maximum Gasteiger partial charge on any atom is 0.261 e.